The van der Waals surface area contributed by atoms with Gasteiger partial charge in [-0.05, 0) is 31.0 Å². The molecule has 0 saturated carbocycles. The first-order valence-electron chi connectivity index (χ1n) is 6.61. The molecule has 1 N–H and O–H groups in total. The quantitative estimate of drug-likeness (QED) is 0.922. The summed E-state index contributed by atoms with van der Waals surface area (Å²) in [5.74, 6) is 0.561. The number of hydrogen-bond acceptors (Lipinski definition) is 5. The Balaban J connectivity index is 1.74. The van der Waals surface area contributed by atoms with Gasteiger partial charge in [0.25, 0.3) is 0 Å². The molecule has 1 fully saturated rings. The van der Waals surface area contributed by atoms with Crippen molar-refractivity contribution in [1.82, 2.24) is 10.1 Å². The van der Waals surface area contributed by atoms with Crippen LogP contribution in [0, 0.1) is 5.92 Å². The van der Waals surface area contributed by atoms with Crippen LogP contribution >= 0.6 is 0 Å². The summed E-state index contributed by atoms with van der Waals surface area (Å²) in [6, 6.07) is 4.92. The number of aliphatic carboxylic acids is 1. The van der Waals surface area contributed by atoms with Crippen molar-refractivity contribution in [2.45, 2.75) is 25.9 Å². The molecule has 20 heavy (non-hydrogen) atoms. The van der Waals surface area contributed by atoms with Gasteiger partial charge in [0.2, 0.25) is 5.76 Å². The van der Waals surface area contributed by atoms with Crippen LogP contribution in [0.4, 0.5) is 0 Å². The summed E-state index contributed by atoms with van der Waals surface area (Å²) >= 11 is 0. The first kappa shape index (κ1) is 12.9. The predicted octanol–water partition coefficient (Wildman–Crippen LogP) is 2.23. The molecule has 2 aromatic heterocycles. The van der Waals surface area contributed by atoms with Crippen LogP contribution in [0.2, 0.25) is 0 Å². The average molecular weight is 276 g/mol. The molecule has 3 heterocycles. The third-order valence-electron chi connectivity index (χ3n) is 3.75. The van der Waals surface area contributed by atoms with Gasteiger partial charge in [0.1, 0.15) is 6.04 Å². The van der Waals surface area contributed by atoms with E-state index in [0.717, 1.165) is 18.7 Å². The Labute approximate surface area is 116 Å². The standard InChI is InChI=1S/C14H16N2O4/c1-9-4-5-16(13(9)14(17)18)8-10-7-12(20-15-10)11-3-2-6-19-11/h2-3,6-7,9,13H,4-5,8H2,1H3,(H,17,18). The lowest BCUT2D eigenvalue weighted by Gasteiger charge is -2.21. The van der Waals surface area contributed by atoms with Crippen molar-refractivity contribution in [2.24, 2.45) is 5.92 Å². The Bertz CT molecular complexity index is 590. The van der Waals surface area contributed by atoms with E-state index in [-0.39, 0.29) is 5.92 Å². The smallest absolute Gasteiger partial charge is 0.321 e. The summed E-state index contributed by atoms with van der Waals surface area (Å²) in [6.07, 6.45) is 2.46. The molecule has 0 radical (unpaired) electrons. The zero-order chi connectivity index (χ0) is 14.1. The van der Waals surface area contributed by atoms with Gasteiger partial charge >= 0.3 is 5.97 Å². The van der Waals surface area contributed by atoms with Gasteiger partial charge in [0, 0.05) is 12.6 Å². The fraction of sp³-hybridized carbons (Fsp3) is 0.429. The molecule has 0 aromatic carbocycles. The van der Waals surface area contributed by atoms with E-state index < -0.39 is 12.0 Å². The highest BCUT2D eigenvalue weighted by Crippen LogP contribution is 2.27. The molecule has 2 atom stereocenters. The Morgan fingerprint density at radius 3 is 3.10 bits per heavy atom. The molecular weight excluding hydrogens is 260 g/mol. The van der Waals surface area contributed by atoms with Crippen LogP contribution in [0.1, 0.15) is 19.0 Å². The Hall–Kier alpha value is -2.08. The van der Waals surface area contributed by atoms with Gasteiger partial charge in [-0.3, -0.25) is 9.69 Å². The maximum absolute atomic E-state index is 11.3. The number of likely N-dealkylation sites (tertiary alicyclic amines) is 1. The molecule has 0 spiro atoms. The van der Waals surface area contributed by atoms with Gasteiger partial charge in [-0.25, -0.2) is 0 Å². The second-order valence-electron chi connectivity index (χ2n) is 5.18. The lowest BCUT2D eigenvalue weighted by atomic mass is 10.0. The molecule has 0 aliphatic carbocycles. The number of carboxylic acids is 1. The third-order valence-corrected chi connectivity index (χ3v) is 3.75. The highest BCUT2D eigenvalue weighted by molar-refractivity contribution is 5.74. The van der Waals surface area contributed by atoms with Crippen molar-refractivity contribution < 1.29 is 18.8 Å². The third kappa shape index (κ3) is 2.34. The van der Waals surface area contributed by atoms with Gasteiger partial charge in [-0.15, -0.1) is 0 Å². The normalized spacial score (nSPS) is 23.2. The number of hydrogen-bond donors (Lipinski definition) is 1. The monoisotopic (exact) mass is 276 g/mol. The zero-order valence-electron chi connectivity index (χ0n) is 11.2. The van der Waals surface area contributed by atoms with Gasteiger partial charge in [-0.1, -0.05) is 12.1 Å². The van der Waals surface area contributed by atoms with Crippen molar-refractivity contribution in [2.75, 3.05) is 6.54 Å². The summed E-state index contributed by atoms with van der Waals surface area (Å²) < 4.78 is 10.5. The second-order valence-corrected chi connectivity index (χ2v) is 5.18. The van der Waals surface area contributed by atoms with E-state index in [0.29, 0.717) is 18.1 Å². The van der Waals surface area contributed by atoms with Crippen LogP contribution < -0.4 is 0 Å². The maximum atomic E-state index is 11.3. The molecule has 0 bridgehead atoms. The van der Waals surface area contributed by atoms with E-state index in [9.17, 15) is 9.90 Å². The summed E-state index contributed by atoms with van der Waals surface area (Å²) in [5.41, 5.74) is 0.719. The highest BCUT2D eigenvalue weighted by Gasteiger charge is 2.36. The summed E-state index contributed by atoms with van der Waals surface area (Å²) in [7, 11) is 0. The first-order chi connectivity index (χ1) is 9.65. The first-order valence-corrected chi connectivity index (χ1v) is 6.61. The minimum absolute atomic E-state index is 0.156. The van der Waals surface area contributed by atoms with E-state index in [1.165, 1.54) is 0 Å². The summed E-state index contributed by atoms with van der Waals surface area (Å²) in [6.45, 7) is 3.21. The fourth-order valence-corrected chi connectivity index (χ4v) is 2.73. The van der Waals surface area contributed by atoms with Crippen LogP contribution in [0.5, 0.6) is 0 Å². The van der Waals surface area contributed by atoms with E-state index in [4.69, 9.17) is 8.94 Å². The van der Waals surface area contributed by atoms with E-state index in [2.05, 4.69) is 5.16 Å². The fourth-order valence-electron chi connectivity index (χ4n) is 2.73. The molecule has 6 heteroatoms. The summed E-state index contributed by atoms with van der Waals surface area (Å²) in [5, 5.41) is 13.3. The van der Waals surface area contributed by atoms with E-state index in [1.54, 1.807) is 24.5 Å². The molecule has 0 amide bonds. The molecule has 6 nitrogen and oxygen atoms in total. The minimum atomic E-state index is -0.773. The van der Waals surface area contributed by atoms with Crippen molar-refractivity contribution >= 4 is 5.97 Å². The van der Waals surface area contributed by atoms with Gasteiger partial charge < -0.3 is 14.0 Å². The van der Waals surface area contributed by atoms with Crippen molar-refractivity contribution in [1.29, 1.82) is 0 Å². The van der Waals surface area contributed by atoms with E-state index >= 15 is 0 Å². The number of aromatic nitrogens is 1. The van der Waals surface area contributed by atoms with Gasteiger partial charge in [0.15, 0.2) is 5.76 Å². The maximum Gasteiger partial charge on any atom is 0.321 e. The Morgan fingerprint density at radius 1 is 1.55 bits per heavy atom. The molecule has 2 unspecified atom stereocenters. The average Bonchev–Trinajstić information content (AvgIpc) is 3.10. The second kappa shape index (κ2) is 5.13. The molecule has 106 valence electrons. The Morgan fingerprint density at radius 2 is 2.40 bits per heavy atom. The minimum Gasteiger partial charge on any atom is -0.480 e. The topological polar surface area (TPSA) is 79.7 Å². The largest absolute Gasteiger partial charge is 0.480 e. The highest BCUT2D eigenvalue weighted by atomic mass is 16.5. The predicted molar refractivity (Wildman–Crippen MR) is 69.8 cm³/mol. The van der Waals surface area contributed by atoms with Crippen molar-refractivity contribution in [3.63, 3.8) is 0 Å². The van der Waals surface area contributed by atoms with Crippen molar-refractivity contribution in [3.05, 3.63) is 30.2 Å². The van der Waals surface area contributed by atoms with Gasteiger partial charge in [0.05, 0.1) is 12.0 Å². The molecular formula is C14H16N2O4. The number of nitrogens with zero attached hydrogens (tertiary/aromatic N) is 2. The van der Waals surface area contributed by atoms with Crippen molar-refractivity contribution in [3.8, 4) is 11.5 Å². The molecule has 1 aliphatic heterocycles. The van der Waals surface area contributed by atoms with Crippen LogP contribution in [0.15, 0.2) is 33.4 Å². The SMILES string of the molecule is CC1CCN(Cc2cc(-c3ccco3)on2)C1C(=O)O. The summed E-state index contributed by atoms with van der Waals surface area (Å²) in [4.78, 5) is 13.2. The van der Waals surface area contributed by atoms with Crippen LogP contribution in [-0.2, 0) is 11.3 Å². The zero-order valence-corrected chi connectivity index (χ0v) is 11.2. The van der Waals surface area contributed by atoms with Gasteiger partial charge in [-0.2, -0.15) is 0 Å². The molecule has 1 aliphatic rings. The Kier molecular flexibility index (Phi) is 3.31. The molecule has 2 aromatic rings. The number of carboxylic acid groups (broad SMARTS) is 1. The number of carbonyl (C=O) groups is 1. The number of furan rings is 1. The van der Waals surface area contributed by atoms with Crippen LogP contribution in [-0.4, -0.2) is 33.7 Å². The lowest BCUT2D eigenvalue weighted by Crippen LogP contribution is -2.38. The molecule has 1 saturated heterocycles. The molecule has 3 rings (SSSR count). The van der Waals surface area contributed by atoms with Crippen LogP contribution in [0.3, 0.4) is 0 Å². The lowest BCUT2D eigenvalue weighted by molar-refractivity contribution is -0.143. The van der Waals surface area contributed by atoms with Crippen LogP contribution in [0.25, 0.3) is 11.5 Å². The van der Waals surface area contributed by atoms with E-state index in [1.807, 2.05) is 11.8 Å². The number of rotatable bonds is 4.